The van der Waals surface area contributed by atoms with Crippen molar-refractivity contribution in [2.24, 2.45) is 0 Å². The highest BCUT2D eigenvalue weighted by atomic mass is 16.4. The molecule has 186 valence electrons. The lowest BCUT2D eigenvalue weighted by molar-refractivity contribution is 0.0684. The van der Waals surface area contributed by atoms with E-state index in [0.717, 1.165) is 57.7 Å². The first-order valence-corrected chi connectivity index (χ1v) is 12.6. The zero-order valence-electron chi connectivity index (χ0n) is 21.0. The fourth-order valence-corrected chi connectivity index (χ4v) is 4.74. The number of hydrogen-bond acceptors (Lipinski definition) is 4. The standard InChI is InChI=1S/C30H29N5O2/c1-3-8-28-32-26(4-2)29(30(36)37)35(28)19-20-11-13-22(14-12-20)25-17-23(21-9-6-5-7-10-21)15-16-24(25)27-18-31-34-33-27/h5-7,9-18H,3-4,8,19H2,1-2H3,(H,36,37)(H,31,33,34). The monoisotopic (exact) mass is 491 g/mol. The van der Waals surface area contributed by atoms with Gasteiger partial charge in [-0.2, -0.15) is 15.4 Å². The molecule has 0 aliphatic carbocycles. The number of aromatic carboxylic acids is 1. The van der Waals surface area contributed by atoms with Crippen molar-refractivity contribution in [2.75, 3.05) is 0 Å². The van der Waals surface area contributed by atoms with Crippen LogP contribution in [-0.2, 0) is 19.4 Å². The van der Waals surface area contributed by atoms with Crippen molar-refractivity contribution in [3.63, 3.8) is 0 Å². The van der Waals surface area contributed by atoms with Crippen LogP contribution in [0.25, 0.3) is 33.5 Å². The van der Waals surface area contributed by atoms with E-state index in [2.05, 4.69) is 81.9 Å². The largest absolute Gasteiger partial charge is 0.477 e. The Morgan fingerprint density at radius 2 is 1.68 bits per heavy atom. The normalized spacial score (nSPS) is 11.1. The lowest BCUT2D eigenvalue weighted by Crippen LogP contribution is -2.13. The highest BCUT2D eigenvalue weighted by Gasteiger charge is 2.21. The van der Waals surface area contributed by atoms with Gasteiger partial charge in [0.25, 0.3) is 0 Å². The minimum absolute atomic E-state index is 0.291. The predicted octanol–water partition coefficient (Wildman–Crippen LogP) is 6.26. The third-order valence-electron chi connectivity index (χ3n) is 6.55. The molecule has 0 amide bonds. The second-order valence-corrected chi connectivity index (χ2v) is 9.00. The van der Waals surface area contributed by atoms with Crippen molar-refractivity contribution in [3.8, 4) is 33.5 Å². The molecular formula is C30H29N5O2. The number of benzene rings is 3. The topological polar surface area (TPSA) is 96.7 Å². The van der Waals surface area contributed by atoms with E-state index < -0.39 is 5.97 Å². The molecule has 2 aromatic heterocycles. The van der Waals surface area contributed by atoms with Crippen LogP contribution in [0, 0.1) is 0 Å². The smallest absolute Gasteiger partial charge is 0.354 e. The SMILES string of the molecule is CCCc1nc(CC)c(C(=O)O)n1Cc1ccc(-c2cc(-c3ccccc3)ccc2-c2cn[nH]n2)cc1. The van der Waals surface area contributed by atoms with E-state index in [-0.39, 0.29) is 0 Å². The van der Waals surface area contributed by atoms with E-state index in [0.29, 0.717) is 24.4 Å². The molecular weight excluding hydrogens is 462 g/mol. The van der Waals surface area contributed by atoms with Crippen LogP contribution in [0.5, 0.6) is 0 Å². The molecule has 2 N–H and O–H groups in total. The summed E-state index contributed by atoms with van der Waals surface area (Å²) >= 11 is 0. The summed E-state index contributed by atoms with van der Waals surface area (Å²) in [6, 6.07) is 24.9. The van der Waals surface area contributed by atoms with Gasteiger partial charge in [-0.1, -0.05) is 80.6 Å². The Labute approximate surface area is 215 Å². The highest BCUT2D eigenvalue weighted by Crippen LogP contribution is 2.35. The molecule has 0 radical (unpaired) electrons. The second kappa shape index (κ2) is 10.6. The number of nitrogens with one attached hydrogen (secondary N) is 1. The molecule has 0 unspecified atom stereocenters. The van der Waals surface area contributed by atoms with Gasteiger partial charge in [0.1, 0.15) is 11.5 Å². The molecule has 0 fully saturated rings. The molecule has 0 saturated carbocycles. The number of hydrogen-bond donors (Lipinski definition) is 2. The fourth-order valence-electron chi connectivity index (χ4n) is 4.74. The molecule has 5 rings (SSSR count). The van der Waals surface area contributed by atoms with Gasteiger partial charge in [0.05, 0.1) is 11.9 Å². The first-order chi connectivity index (χ1) is 18.1. The number of aromatic amines is 1. The van der Waals surface area contributed by atoms with Crippen molar-refractivity contribution >= 4 is 5.97 Å². The maximum absolute atomic E-state index is 12.1. The minimum Gasteiger partial charge on any atom is -0.477 e. The molecule has 2 heterocycles. The number of rotatable bonds is 9. The van der Waals surface area contributed by atoms with Crippen LogP contribution in [0.1, 0.15) is 47.8 Å². The summed E-state index contributed by atoms with van der Waals surface area (Å²) in [7, 11) is 0. The van der Waals surface area contributed by atoms with Crippen molar-refractivity contribution in [1.82, 2.24) is 25.0 Å². The first kappa shape index (κ1) is 24.2. The fraction of sp³-hybridized carbons (Fsp3) is 0.200. The molecule has 3 aromatic carbocycles. The van der Waals surface area contributed by atoms with Gasteiger partial charge in [-0.15, -0.1) is 0 Å². The number of aromatic nitrogens is 5. The van der Waals surface area contributed by atoms with Gasteiger partial charge in [0.2, 0.25) is 0 Å². The summed E-state index contributed by atoms with van der Waals surface area (Å²) in [4.78, 5) is 16.7. The summed E-state index contributed by atoms with van der Waals surface area (Å²) in [6.45, 7) is 4.49. The molecule has 0 bridgehead atoms. The van der Waals surface area contributed by atoms with Gasteiger partial charge in [0.15, 0.2) is 5.69 Å². The van der Waals surface area contributed by atoms with Gasteiger partial charge in [-0.25, -0.2) is 9.78 Å². The van der Waals surface area contributed by atoms with Crippen LogP contribution in [-0.4, -0.2) is 36.0 Å². The van der Waals surface area contributed by atoms with E-state index in [1.54, 1.807) is 6.20 Å². The predicted molar refractivity (Wildman–Crippen MR) is 144 cm³/mol. The number of carboxylic acids is 1. The summed E-state index contributed by atoms with van der Waals surface area (Å²) in [5.74, 6) is -0.108. The number of aryl methyl sites for hydroxylation is 2. The lowest BCUT2D eigenvalue weighted by Gasteiger charge is -2.13. The number of carbonyl (C=O) groups is 1. The minimum atomic E-state index is -0.932. The van der Waals surface area contributed by atoms with Crippen LogP contribution in [0.2, 0.25) is 0 Å². The highest BCUT2D eigenvalue weighted by molar-refractivity contribution is 5.87. The van der Waals surface area contributed by atoms with Gasteiger partial charge in [-0.3, -0.25) is 0 Å². The quantitative estimate of drug-likeness (QED) is 0.254. The van der Waals surface area contributed by atoms with Gasteiger partial charge < -0.3 is 9.67 Å². The van der Waals surface area contributed by atoms with Crippen LogP contribution in [0.15, 0.2) is 79.0 Å². The molecule has 7 nitrogen and oxygen atoms in total. The van der Waals surface area contributed by atoms with Crippen molar-refractivity contribution in [2.45, 2.75) is 39.7 Å². The van der Waals surface area contributed by atoms with Crippen LogP contribution < -0.4 is 0 Å². The zero-order chi connectivity index (χ0) is 25.8. The summed E-state index contributed by atoms with van der Waals surface area (Å²) in [5.41, 5.74) is 8.08. The van der Waals surface area contributed by atoms with Crippen molar-refractivity contribution < 1.29 is 9.90 Å². The number of nitrogens with zero attached hydrogens (tertiary/aromatic N) is 4. The Bertz CT molecular complexity index is 1500. The average Bonchev–Trinajstić information content (AvgIpc) is 3.58. The van der Waals surface area contributed by atoms with Crippen LogP contribution in [0.4, 0.5) is 0 Å². The molecule has 7 heteroatoms. The van der Waals surface area contributed by atoms with Gasteiger partial charge >= 0.3 is 5.97 Å². The third-order valence-corrected chi connectivity index (χ3v) is 6.55. The maximum atomic E-state index is 12.1. The van der Waals surface area contributed by atoms with E-state index in [9.17, 15) is 9.90 Å². The molecule has 0 aliphatic heterocycles. The van der Waals surface area contributed by atoms with E-state index in [4.69, 9.17) is 0 Å². The second-order valence-electron chi connectivity index (χ2n) is 9.00. The third kappa shape index (κ3) is 4.93. The number of H-pyrrole nitrogens is 1. The first-order valence-electron chi connectivity index (χ1n) is 12.6. The van der Waals surface area contributed by atoms with E-state index in [1.807, 2.05) is 29.7 Å². The summed E-state index contributed by atoms with van der Waals surface area (Å²) in [6.07, 6.45) is 3.96. The van der Waals surface area contributed by atoms with Crippen molar-refractivity contribution in [1.29, 1.82) is 0 Å². The molecule has 0 saturated heterocycles. The Morgan fingerprint density at radius 1 is 0.919 bits per heavy atom. The molecule has 0 atom stereocenters. The Hall–Kier alpha value is -4.52. The Morgan fingerprint density at radius 3 is 2.32 bits per heavy atom. The Kier molecular flexibility index (Phi) is 6.94. The zero-order valence-corrected chi connectivity index (χ0v) is 21.0. The molecule has 0 aliphatic rings. The molecule has 0 spiro atoms. The average molecular weight is 492 g/mol. The number of carboxylic acid groups (broad SMARTS) is 1. The number of imidazole rings is 1. The van der Waals surface area contributed by atoms with E-state index in [1.165, 1.54) is 0 Å². The van der Waals surface area contributed by atoms with Crippen molar-refractivity contribution in [3.05, 3.63) is 102 Å². The van der Waals surface area contributed by atoms with Gasteiger partial charge in [-0.05, 0) is 46.7 Å². The van der Waals surface area contributed by atoms with Gasteiger partial charge in [0, 0.05) is 18.5 Å². The summed E-state index contributed by atoms with van der Waals surface area (Å²) < 4.78 is 1.86. The molecule has 5 aromatic rings. The van der Waals surface area contributed by atoms with Crippen LogP contribution in [0.3, 0.4) is 0 Å². The van der Waals surface area contributed by atoms with E-state index >= 15 is 0 Å². The van der Waals surface area contributed by atoms with Crippen LogP contribution >= 0.6 is 0 Å². The lowest BCUT2D eigenvalue weighted by atomic mass is 9.93. The molecule has 37 heavy (non-hydrogen) atoms. The maximum Gasteiger partial charge on any atom is 0.354 e. The Balaban J connectivity index is 1.53. The summed E-state index contributed by atoms with van der Waals surface area (Å²) in [5, 5.41) is 20.9.